The molecular formula is C11H16N2O2S. The van der Waals surface area contributed by atoms with E-state index >= 15 is 0 Å². The average Bonchev–Trinajstić information content (AvgIpc) is 2.27. The molecule has 88 valence electrons. The highest BCUT2D eigenvalue weighted by atomic mass is 32.2. The minimum Gasteiger partial charge on any atom is -0.385 e. The third-order valence-electron chi connectivity index (χ3n) is 2.16. The van der Waals surface area contributed by atoms with Gasteiger partial charge in [-0.3, -0.25) is 10.1 Å². The highest BCUT2D eigenvalue weighted by Gasteiger charge is 2.09. The molecule has 0 spiro atoms. The van der Waals surface area contributed by atoms with Gasteiger partial charge in [0.25, 0.3) is 5.69 Å². The molecule has 0 bridgehead atoms. The Morgan fingerprint density at radius 1 is 1.50 bits per heavy atom. The fourth-order valence-electron chi connectivity index (χ4n) is 1.40. The summed E-state index contributed by atoms with van der Waals surface area (Å²) in [6.07, 6.45) is 3.03. The van der Waals surface area contributed by atoms with E-state index in [9.17, 15) is 10.1 Å². The molecule has 0 heterocycles. The number of rotatable bonds is 6. The van der Waals surface area contributed by atoms with Crippen LogP contribution in [-0.4, -0.2) is 17.7 Å². The first-order valence-electron chi connectivity index (χ1n) is 5.19. The highest BCUT2D eigenvalue weighted by molar-refractivity contribution is 7.97. The van der Waals surface area contributed by atoms with Gasteiger partial charge in [0.1, 0.15) is 0 Å². The van der Waals surface area contributed by atoms with Gasteiger partial charge in [-0.1, -0.05) is 6.92 Å². The molecule has 1 N–H and O–H groups in total. The van der Waals surface area contributed by atoms with Gasteiger partial charge in [0.2, 0.25) is 0 Å². The zero-order valence-corrected chi connectivity index (χ0v) is 10.3. The van der Waals surface area contributed by atoms with Crippen LogP contribution < -0.4 is 5.32 Å². The Morgan fingerprint density at radius 2 is 2.25 bits per heavy atom. The Balaban J connectivity index is 2.94. The second-order valence-electron chi connectivity index (χ2n) is 3.46. The second-order valence-corrected chi connectivity index (χ2v) is 4.32. The molecule has 0 fully saturated rings. The summed E-state index contributed by atoms with van der Waals surface area (Å²) in [5, 5.41) is 13.9. The lowest BCUT2D eigenvalue weighted by Gasteiger charge is -2.10. The zero-order valence-electron chi connectivity index (χ0n) is 9.53. The summed E-state index contributed by atoms with van der Waals surface area (Å²) in [5.41, 5.74) is 2.16. The molecule has 0 aliphatic rings. The van der Waals surface area contributed by atoms with Crippen molar-refractivity contribution in [2.24, 2.45) is 0 Å². The monoisotopic (exact) mass is 240 g/mol. The van der Waals surface area contributed by atoms with Gasteiger partial charge in [0.05, 0.1) is 4.92 Å². The van der Waals surface area contributed by atoms with Crippen LogP contribution in [0.3, 0.4) is 0 Å². The van der Waals surface area contributed by atoms with E-state index in [0.29, 0.717) is 0 Å². The summed E-state index contributed by atoms with van der Waals surface area (Å²) in [7, 11) is 0. The minimum absolute atomic E-state index is 0.158. The lowest BCUT2D eigenvalue weighted by molar-refractivity contribution is -0.384. The van der Waals surface area contributed by atoms with Crippen LogP contribution >= 0.6 is 11.8 Å². The van der Waals surface area contributed by atoms with E-state index in [-0.39, 0.29) is 10.6 Å². The molecule has 0 atom stereocenters. The fourth-order valence-corrected chi connectivity index (χ4v) is 1.95. The molecule has 4 nitrogen and oxygen atoms in total. The van der Waals surface area contributed by atoms with E-state index in [1.54, 1.807) is 30.0 Å². The molecule has 0 radical (unpaired) electrons. The molecular weight excluding hydrogens is 224 g/mol. The Kier molecular flexibility index (Phi) is 5.11. The van der Waals surface area contributed by atoms with Crippen LogP contribution in [0.1, 0.15) is 18.9 Å². The Labute approximate surface area is 99.6 Å². The number of nitro groups is 1. The third-order valence-corrected chi connectivity index (χ3v) is 2.76. The van der Waals surface area contributed by atoms with Gasteiger partial charge < -0.3 is 5.32 Å². The lowest BCUT2D eigenvalue weighted by atomic mass is 10.1. The van der Waals surface area contributed by atoms with Gasteiger partial charge in [0, 0.05) is 30.1 Å². The standard InChI is InChI=1S/C11H16N2O2S/c1-3-6-12-11-5-4-10(13(14)15)7-9(11)8-16-2/h4-5,7,12H,3,6,8H2,1-2H3. The second kappa shape index (κ2) is 6.37. The lowest BCUT2D eigenvalue weighted by Crippen LogP contribution is -2.03. The predicted octanol–water partition coefficient (Wildman–Crippen LogP) is 3.28. The van der Waals surface area contributed by atoms with Crippen molar-refractivity contribution in [3.05, 3.63) is 33.9 Å². The molecule has 0 aliphatic heterocycles. The quantitative estimate of drug-likeness (QED) is 0.612. The first-order valence-corrected chi connectivity index (χ1v) is 6.58. The summed E-state index contributed by atoms with van der Waals surface area (Å²) in [6.45, 7) is 2.98. The number of benzene rings is 1. The van der Waals surface area contributed by atoms with E-state index in [0.717, 1.165) is 30.0 Å². The number of hydrogen-bond donors (Lipinski definition) is 1. The smallest absolute Gasteiger partial charge is 0.269 e. The van der Waals surface area contributed by atoms with Crippen molar-refractivity contribution < 1.29 is 4.92 Å². The SMILES string of the molecule is CCCNc1ccc([N+](=O)[O-])cc1CSC. The van der Waals surface area contributed by atoms with Crippen molar-refractivity contribution in [2.45, 2.75) is 19.1 Å². The van der Waals surface area contributed by atoms with Crippen LogP contribution in [0.25, 0.3) is 0 Å². The number of anilines is 1. The Morgan fingerprint density at radius 3 is 2.81 bits per heavy atom. The van der Waals surface area contributed by atoms with Gasteiger partial charge in [-0.25, -0.2) is 0 Å². The van der Waals surface area contributed by atoms with E-state index in [4.69, 9.17) is 0 Å². The predicted molar refractivity (Wildman–Crippen MR) is 69.1 cm³/mol. The van der Waals surface area contributed by atoms with Crippen molar-refractivity contribution in [1.29, 1.82) is 0 Å². The summed E-state index contributed by atoms with van der Waals surface area (Å²) in [6, 6.07) is 4.98. The number of nitrogens with zero attached hydrogens (tertiary/aromatic N) is 1. The topological polar surface area (TPSA) is 55.2 Å². The van der Waals surface area contributed by atoms with E-state index in [1.807, 2.05) is 6.26 Å². The minimum atomic E-state index is -0.354. The van der Waals surface area contributed by atoms with Crippen LogP contribution in [0, 0.1) is 10.1 Å². The molecule has 0 saturated carbocycles. The van der Waals surface area contributed by atoms with Crippen molar-refractivity contribution in [2.75, 3.05) is 18.1 Å². The van der Waals surface area contributed by atoms with Gasteiger partial charge in [-0.2, -0.15) is 11.8 Å². The molecule has 1 aromatic rings. The molecule has 0 amide bonds. The van der Waals surface area contributed by atoms with Gasteiger partial charge in [0.15, 0.2) is 0 Å². The summed E-state index contributed by atoms with van der Waals surface area (Å²) in [5.74, 6) is 0.785. The number of thioether (sulfide) groups is 1. The number of nitrogens with one attached hydrogen (secondary N) is 1. The van der Waals surface area contributed by atoms with Crippen LogP contribution in [0.15, 0.2) is 18.2 Å². The molecule has 0 aromatic heterocycles. The van der Waals surface area contributed by atoms with Crippen molar-refractivity contribution >= 4 is 23.1 Å². The molecule has 0 unspecified atom stereocenters. The number of non-ortho nitro benzene ring substituents is 1. The first kappa shape index (κ1) is 12.8. The van der Waals surface area contributed by atoms with Crippen molar-refractivity contribution in [3.8, 4) is 0 Å². The summed E-state index contributed by atoms with van der Waals surface area (Å²) in [4.78, 5) is 10.3. The normalized spacial score (nSPS) is 10.1. The Bertz CT molecular complexity index is 369. The van der Waals surface area contributed by atoms with E-state index < -0.39 is 0 Å². The number of hydrogen-bond acceptors (Lipinski definition) is 4. The van der Waals surface area contributed by atoms with E-state index in [2.05, 4.69) is 12.2 Å². The maximum absolute atomic E-state index is 10.7. The van der Waals surface area contributed by atoms with Gasteiger partial charge in [-0.05, 0) is 24.3 Å². The molecule has 5 heteroatoms. The highest BCUT2D eigenvalue weighted by Crippen LogP contribution is 2.25. The molecule has 1 aromatic carbocycles. The van der Waals surface area contributed by atoms with Crippen LogP contribution in [0.5, 0.6) is 0 Å². The molecule has 16 heavy (non-hydrogen) atoms. The average molecular weight is 240 g/mol. The van der Waals surface area contributed by atoms with Crippen molar-refractivity contribution in [1.82, 2.24) is 0 Å². The maximum atomic E-state index is 10.7. The first-order chi connectivity index (χ1) is 7.69. The number of nitro benzene ring substituents is 1. The molecule has 1 rings (SSSR count). The summed E-state index contributed by atoms with van der Waals surface area (Å²) >= 11 is 1.66. The van der Waals surface area contributed by atoms with Crippen LogP contribution in [-0.2, 0) is 5.75 Å². The zero-order chi connectivity index (χ0) is 12.0. The third kappa shape index (κ3) is 3.41. The van der Waals surface area contributed by atoms with Gasteiger partial charge in [-0.15, -0.1) is 0 Å². The van der Waals surface area contributed by atoms with Crippen molar-refractivity contribution in [3.63, 3.8) is 0 Å². The van der Waals surface area contributed by atoms with Crippen LogP contribution in [0.2, 0.25) is 0 Å². The fraction of sp³-hybridized carbons (Fsp3) is 0.455. The largest absolute Gasteiger partial charge is 0.385 e. The Hall–Kier alpha value is -1.23. The summed E-state index contributed by atoms with van der Waals surface area (Å²) < 4.78 is 0. The molecule has 0 aliphatic carbocycles. The van der Waals surface area contributed by atoms with E-state index in [1.165, 1.54) is 0 Å². The van der Waals surface area contributed by atoms with Crippen LogP contribution in [0.4, 0.5) is 11.4 Å². The van der Waals surface area contributed by atoms with Gasteiger partial charge >= 0.3 is 0 Å². The maximum Gasteiger partial charge on any atom is 0.269 e. The molecule has 0 saturated heterocycles.